The predicted octanol–water partition coefficient (Wildman–Crippen LogP) is 3.14. The molecular formula is C10H13Cl2N3O2. The Bertz CT molecular complexity index is 432. The molecule has 17 heavy (non-hydrogen) atoms. The van der Waals surface area contributed by atoms with Crippen LogP contribution in [0.25, 0.3) is 0 Å². The molecule has 0 saturated carbocycles. The van der Waals surface area contributed by atoms with Crippen LogP contribution in [0.2, 0.25) is 10.3 Å². The Kier molecular flexibility index (Phi) is 4.16. The van der Waals surface area contributed by atoms with E-state index in [0.717, 1.165) is 0 Å². The molecule has 0 aromatic carbocycles. The van der Waals surface area contributed by atoms with E-state index >= 15 is 0 Å². The van der Waals surface area contributed by atoms with Crippen LogP contribution in [0.5, 0.6) is 0 Å². The minimum Gasteiger partial charge on any atom is -0.465 e. The molecule has 1 rings (SSSR count). The van der Waals surface area contributed by atoms with Crippen molar-refractivity contribution in [3.8, 4) is 0 Å². The molecule has 0 fully saturated rings. The number of carboxylic acid groups (broad SMARTS) is 1. The number of nitrogens with one attached hydrogen (secondary N) is 1. The Balaban J connectivity index is 3.21. The molecule has 94 valence electrons. The fraction of sp³-hybridized carbons (Fsp3) is 0.500. The highest BCUT2D eigenvalue weighted by molar-refractivity contribution is 6.31. The zero-order valence-corrected chi connectivity index (χ0v) is 11.2. The van der Waals surface area contributed by atoms with Crippen LogP contribution in [-0.2, 0) is 0 Å². The lowest BCUT2D eigenvalue weighted by Crippen LogP contribution is -2.36. The summed E-state index contributed by atoms with van der Waals surface area (Å²) in [6, 6.07) is 1.00. The summed E-state index contributed by atoms with van der Waals surface area (Å²) in [5.74, 6) is 0. The van der Waals surface area contributed by atoms with Gasteiger partial charge in [-0.2, -0.15) is 0 Å². The molecular weight excluding hydrogens is 265 g/mol. The van der Waals surface area contributed by atoms with Crippen LogP contribution >= 0.6 is 23.2 Å². The van der Waals surface area contributed by atoms with Gasteiger partial charge >= 0.3 is 6.09 Å². The van der Waals surface area contributed by atoms with Crippen LogP contribution in [0.15, 0.2) is 6.07 Å². The van der Waals surface area contributed by atoms with Crippen LogP contribution in [0.4, 0.5) is 4.79 Å². The quantitative estimate of drug-likeness (QED) is 0.871. The number of nitrogens with zero attached hydrogens (tertiary/aromatic N) is 2. The molecule has 1 unspecified atom stereocenters. The average Bonchev–Trinajstić information content (AvgIpc) is 2.16. The molecule has 0 aliphatic carbocycles. The summed E-state index contributed by atoms with van der Waals surface area (Å²) in [5, 5.41) is 18.8. The van der Waals surface area contributed by atoms with E-state index in [2.05, 4.69) is 15.5 Å². The van der Waals surface area contributed by atoms with Gasteiger partial charge < -0.3 is 10.4 Å². The maximum atomic E-state index is 10.8. The van der Waals surface area contributed by atoms with E-state index in [-0.39, 0.29) is 15.7 Å². The highest BCUT2D eigenvalue weighted by Gasteiger charge is 2.30. The van der Waals surface area contributed by atoms with Gasteiger partial charge in [0.1, 0.15) is 0 Å². The van der Waals surface area contributed by atoms with Crippen molar-refractivity contribution < 1.29 is 9.90 Å². The predicted molar refractivity (Wildman–Crippen MR) is 65.4 cm³/mol. The number of aromatic nitrogens is 2. The van der Waals surface area contributed by atoms with E-state index < -0.39 is 12.1 Å². The third-order valence-corrected chi connectivity index (χ3v) is 2.67. The second-order valence-electron chi connectivity index (χ2n) is 4.66. The van der Waals surface area contributed by atoms with Crippen molar-refractivity contribution in [3.05, 3.63) is 21.9 Å². The highest BCUT2D eigenvalue weighted by atomic mass is 35.5. The van der Waals surface area contributed by atoms with Crippen LogP contribution < -0.4 is 5.32 Å². The van der Waals surface area contributed by atoms with Gasteiger partial charge in [0, 0.05) is 5.56 Å². The number of halogens is 2. The molecule has 7 heteroatoms. The first kappa shape index (κ1) is 14.0. The van der Waals surface area contributed by atoms with Crippen LogP contribution in [0.1, 0.15) is 32.4 Å². The Morgan fingerprint density at radius 2 is 2.00 bits per heavy atom. The number of rotatable bonds is 2. The molecule has 0 spiro atoms. The fourth-order valence-electron chi connectivity index (χ4n) is 1.45. The first-order valence-electron chi connectivity index (χ1n) is 4.90. The second-order valence-corrected chi connectivity index (χ2v) is 5.41. The second kappa shape index (κ2) is 5.06. The summed E-state index contributed by atoms with van der Waals surface area (Å²) in [5.41, 5.74) is 0.149. The average molecular weight is 278 g/mol. The van der Waals surface area contributed by atoms with Gasteiger partial charge in [-0.1, -0.05) is 44.0 Å². The van der Waals surface area contributed by atoms with Gasteiger partial charge in [-0.25, -0.2) is 4.79 Å². The molecule has 1 aromatic heterocycles. The maximum absolute atomic E-state index is 10.8. The molecule has 1 heterocycles. The number of hydrogen-bond acceptors (Lipinski definition) is 3. The molecule has 0 saturated heterocycles. The van der Waals surface area contributed by atoms with Gasteiger partial charge in [0.05, 0.1) is 6.04 Å². The topological polar surface area (TPSA) is 75.1 Å². The van der Waals surface area contributed by atoms with Crippen molar-refractivity contribution in [3.63, 3.8) is 0 Å². The van der Waals surface area contributed by atoms with Gasteiger partial charge in [0.15, 0.2) is 10.3 Å². The van der Waals surface area contributed by atoms with Crippen molar-refractivity contribution in [2.24, 2.45) is 5.41 Å². The summed E-state index contributed by atoms with van der Waals surface area (Å²) in [4.78, 5) is 10.8. The number of carbonyl (C=O) groups is 1. The Morgan fingerprint density at radius 1 is 1.41 bits per heavy atom. The third kappa shape index (κ3) is 3.71. The van der Waals surface area contributed by atoms with Crippen molar-refractivity contribution >= 4 is 29.3 Å². The standard InChI is InChI=1S/C10H13Cl2N3O2/c1-10(2,3)7(13-9(16)17)5-4-6(11)14-15-8(5)12/h4,7,13H,1-3H3,(H,16,17). The molecule has 0 aliphatic heterocycles. The Morgan fingerprint density at radius 3 is 2.47 bits per heavy atom. The SMILES string of the molecule is CC(C)(C)C(NC(=O)O)c1cc(Cl)nnc1Cl. The van der Waals surface area contributed by atoms with Gasteiger partial charge in [0.25, 0.3) is 0 Å². The first-order valence-corrected chi connectivity index (χ1v) is 5.65. The largest absolute Gasteiger partial charge is 0.465 e. The summed E-state index contributed by atoms with van der Waals surface area (Å²) >= 11 is 11.7. The van der Waals surface area contributed by atoms with Gasteiger partial charge in [-0.3, -0.25) is 0 Å². The lowest BCUT2D eigenvalue weighted by Gasteiger charge is -2.31. The van der Waals surface area contributed by atoms with Crippen LogP contribution in [-0.4, -0.2) is 21.4 Å². The van der Waals surface area contributed by atoms with Crippen LogP contribution in [0.3, 0.4) is 0 Å². The molecule has 1 aromatic rings. The zero-order valence-electron chi connectivity index (χ0n) is 9.66. The summed E-state index contributed by atoms with van der Waals surface area (Å²) in [6.07, 6.45) is -1.13. The van der Waals surface area contributed by atoms with Crippen molar-refractivity contribution in [1.29, 1.82) is 0 Å². The molecule has 1 atom stereocenters. The Labute approximate surface area is 109 Å². The fourth-order valence-corrected chi connectivity index (χ4v) is 1.81. The van der Waals surface area contributed by atoms with Gasteiger partial charge in [-0.05, 0) is 11.5 Å². The third-order valence-electron chi connectivity index (χ3n) is 2.19. The zero-order chi connectivity index (χ0) is 13.2. The van der Waals surface area contributed by atoms with Crippen molar-refractivity contribution in [2.75, 3.05) is 0 Å². The monoisotopic (exact) mass is 277 g/mol. The number of amides is 1. The van der Waals surface area contributed by atoms with E-state index in [4.69, 9.17) is 28.3 Å². The van der Waals surface area contributed by atoms with E-state index in [1.165, 1.54) is 6.07 Å². The summed E-state index contributed by atoms with van der Waals surface area (Å²) < 4.78 is 0. The number of hydrogen-bond donors (Lipinski definition) is 2. The van der Waals surface area contributed by atoms with E-state index in [1.54, 1.807) is 0 Å². The molecule has 2 N–H and O–H groups in total. The lowest BCUT2D eigenvalue weighted by molar-refractivity contribution is 0.175. The van der Waals surface area contributed by atoms with Crippen molar-refractivity contribution in [1.82, 2.24) is 15.5 Å². The maximum Gasteiger partial charge on any atom is 0.405 e. The molecule has 5 nitrogen and oxygen atoms in total. The first-order chi connectivity index (χ1) is 7.71. The van der Waals surface area contributed by atoms with Gasteiger partial charge in [0.2, 0.25) is 0 Å². The highest BCUT2D eigenvalue weighted by Crippen LogP contribution is 2.36. The Hall–Kier alpha value is -1.07. The van der Waals surface area contributed by atoms with E-state index in [1.807, 2.05) is 20.8 Å². The smallest absolute Gasteiger partial charge is 0.405 e. The summed E-state index contributed by atoms with van der Waals surface area (Å²) in [6.45, 7) is 5.66. The minimum atomic E-state index is -1.13. The molecule has 0 aliphatic rings. The van der Waals surface area contributed by atoms with Gasteiger partial charge in [-0.15, -0.1) is 10.2 Å². The summed E-state index contributed by atoms with van der Waals surface area (Å²) in [7, 11) is 0. The van der Waals surface area contributed by atoms with Crippen molar-refractivity contribution in [2.45, 2.75) is 26.8 Å². The van der Waals surface area contributed by atoms with Crippen LogP contribution in [0, 0.1) is 5.41 Å². The normalized spacial score (nSPS) is 13.2. The molecule has 0 bridgehead atoms. The molecule has 0 radical (unpaired) electrons. The van der Waals surface area contributed by atoms with E-state index in [9.17, 15) is 4.79 Å². The minimum absolute atomic E-state index is 0.142. The molecule has 1 amide bonds. The lowest BCUT2D eigenvalue weighted by atomic mass is 9.83. The van der Waals surface area contributed by atoms with E-state index in [0.29, 0.717) is 5.56 Å².